The first-order valence-electron chi connectivity index (χ1n) is 9.32. The highest BCUT2D eigenvalue weighted by atomic mass is 31.3. The number of aliphatic hydroxyl groups excluding tert-OH is 1. The van der Waals surface area contributed by atoms with Crippen LogP contribution in [0.2, 0.25) is 0 Å². The summed E-state index contributed by atoms with van der Waals surface area (Å²) in [5.74, 6) is 0.195. The first kappa shape index (κ1) is 28.0. The van der Waals surface area contributed by atoms with Crippen molar-refractivity contribution in [3.05, 3.63) is 16.7 Å². The van der Waals surface area contributed by atoms with Gasteiger partial charge in [-0.3, -0.25) is 18.9 Å². The highest BCUT2D eigenvalue weighted by Crippen LogP contribution is 2.66. The Morgan fingerprint density at radius 2 is 1.83 bits per heavy atom. The number of anilines is 1. The second-order valence-electron chi connectivity index (χ2n) is 7.25. The van der Waals surface area contributed by atoms with E-state index in [4.69, 9.17) is 19.3 Å². The topological polar surface area (TPSA) is 265 Å². The van der Waals surface area contributed by atoms with Gasteiger partial charge in [0, 0.05) is 21.2 Å². The fourth-order valence-electron chi connectivity index (χ4n) is 3.12. The van der Waals surface area contributed by atoms with E-state index >= 15 is 0 Å². The lowest BCUT2D eigenvalue weighted by molar-refractivity contribution is -0.0577. The SMILES string of the molecule is CO[C@@H]1[C@H](O)[C@@H](COP(=O)(O)OP(=O)(O)OP(=O)(O)O)O[C@H]1n1cnc2c(=O)[nH]c(N(C)C)nc21. The summed E-state index contributed by atoms with van der Waals surface area (Å²) in [4.78, 5) is 60.6. The first-order chi connectivity index (χ1) is 16.0. The van der Waals surface area contributed by atoms with Crippen molar-refractivity contribution in [2.24, 2.45) is 0 Å². The van der Waals surface area contributed by atoms with Crippen LogP contribution in [0.4, 0.5) is 5.95 Å². The number of phosphoric ester groups is 1. The molecule has 198 valence electrons. The van der Waals surface area contributed by atoms with Gasteiger partial charge in [-0.25, -0.2) is 18.7 Å². The Morgan fingerprint density at radius 1 is 1.17 bits per heavy atom. The van der Waals surface area contributed by atoms with Gasteiger partial charge < -0.3 is 39.1 Å². The van der Waals surface area contributed by atoms with Crippen LogP contribution in [0.5, 0.6) is 0 Å². The number of fused-ring (bicyclic) bond motifs is 1. The van der Waals surface area contributed by atoms with Crippen LogP contribution >= 0.6 is 23.5 Å². The number of phosphoric acid groups is 3. The third kappa shape index (κ3) is 6.61. The summed E-state index contributed by atoms with van der Waals surface area (Å²) >= 11 is 0. The van der Waals surface area contributed by atoms with Crippen molar-refractivity contribution in [3.8, 4) is 0 Å². The van der Waals surface area contributed by atoms with Gasteiger partial charge >= 0.3 is 23.5 Å². The number of aromatic amines is 1. The minimum absolute atomic E-state index is 0.0414. The summed E-state index contributed by atoms with van der Waals surface area (Å²) in [6.07, 6.45) is -3.95. The maximum Gasteiger partial charge on any atom is 0.490 e. The second kappa shape index (κ2) is 10.1. The molecule has 0 spiro atoms. The molecule has 6 N–H and O–H groups in total. The van der Waals surface area contributed by atoms with E-state index in [0.717, 1.165) is 0 Å². The van der Waals surface area contributed by atoms with Gasteiger partial charge in [-0.1, -0.05) is 0 Å². The van der Waals surface area contributed by atoms with Crippen LogP contribution in [-0.4, -0.2) is 90.3 Å². The Hall–Kier alpha value is -1.56. The van der Waals surface area contributed by atoms with Crippen molar-refractivity contribution in [2.75, 3.05) is 32.7 Å². The molecule has 1 fully saturated rings. The number of hydrogen-bond acceptors (Lipinski definition) is 13. The number of aromatic nitrogens is 4. The Bertz CT molecular complexity index is 1270. The first-order valence-corrected chi connectivity index (χ1v) is 13.8. The summed E-state index contributed by atoms with van der Waals surface area (Å²) in [5.41, 5.74) is -0.514. The van der Waals surface area contributed by atoms with E-state index in [1.54, 1.807) is 14.1 Å². The lowest BCUT2D eigenvalue weighted by Gasteiger charge is -2.20. The molecule has 1 aliphatic rings. The van der Waals surface area contributed by atoms with Crippen LogP contribution in [-0.2, 0) is 36.3 Å². The maximum absolute atomic E-state index is 12.3. The third-order valence-electron chi connectivity index (χ3n) is 4.52. The zero-order valence-corrected chi connectivity index (χ0v) is 20.8. The molecule has 35 heavy (non-hydrogen) atoms. The molecule has 6 atom stereocenters. The van der Waals surface area contributed by atoms with Gasteiger partial charge in [0.1, 0.15) is 18.3 Å². The molecule has 0 bridgehead atoms. The summed E-state index contributed by atoms with van der Waals surface area (Å²) in [7, 11) is -12.2. The number of nitrogens with zero attached hydrogens (tertiary/aromatic N) is 4. The van der Waals surface area contributed by atoms with E-state index in [9.17, 15) is 33.4 Å². The Kier molecular flexibility index (Phi) is 8.06. The van der Waals surface area contributed by atoms with Crippen LogP contribution < -0.4 is 10.5 Å². The molecular formula is C13H22N5O14P3. The van der Waals surface area contributed by atoms with Crippen molar-refractivity contribution >= 4 is 40.6 Å². The van der Waals surface area contributed by atoms with Gasteiger partial charge in [0.05, 0.1) is 12.9 Å². The number of H-pyrrole nitrogens is 1. The van der Waals surface area contributed by atoms with Crippen molar-refractivity contribution in [1.82, 2.24) is 19.5 Å². The van der Waals surface area contributed by atoms with Gasteiger partial charge in [-0.15, -0.1) is 0 Å². The second-order valence-corrected chi connectivity index (χ2v) is 11.7. The van der Waals surface area contributed by atoms with Crippen LogP contribution in [0.1, 0.15) is 6.23 Å². The van der Waals surface area contributed by atoms with Gasteiger partial charge in [0.2, 0.25) is 5.95 Å². The zero-order chi connectivity index (χ0) is 26.3. The lowest BCUT2D eigenvalue weighted by Crippen LogP contribution is -2.35. The molecule has 2 aromatic rings. The van der Waals surface area contributed by atoms with E-state index < -0.39 is 60.2 Å². The Balaban J connectivity index is 1.80. The number of ether oxygens (including phenoxy) is 2. The molecule has 19 nitrogen and oxygen atoms in total. The molecule has 22 heteroatoms. The van der Waals surface area contributed by atoms with E-state index in [2.05, 4.69) is 28.1 Å². The van der Waals surface area contributed by atoms with Crippen LogP contribution in [0, 0.1) is 0 Å². The predicted octanol–water partition coefficient (Wildman–Crippen LogP) is -1.20. The molecule has 1 aliphatic heterocycles. The molecule has 0 radical (unpaired) electrons. The molecule has 2 unspecified atom stereocenters. The normalized spacial score (nSPS) is 26.5. The molecule has 0 aliphatic carbocycles. The lowest BCUT2D eigenvalue weighted by atomic mass is 10.1. The van der Waals surface area contributed by atoms with Crippen molar-refractivity contribution in [1.29, 1.82) is 0 Å². The monoisotopic (exact) mass is 565 g/mol. The molecule has 3 heterocycles. The number of rotatable bonds is 10. The smallest absolute Gasteiger partial charge is 0.387 e. The highest BCUT2D eigenvalue weighted by molar-refractivity contribution is 7.66. The largest absolute Gasteiger partial charge is 0.490 e. The van der Waals surface area contributed by atoms with E-state index in [1.807, 2.05) is 0 Å². The van der Waals surface area contributed by atoms with Gasteiger partial charge in [-0.05, 0) is 0 Å². The van der Waals surface area contributed by atoms with Crippen LogP contribution in [0.3, 0.4) is 0 Å². The van der Waals surface area contributed by atoms with Crippen LogP contribution in [0.15, 0.2) is 11.1 Å². The fourth-order valence-corrected chi connectivity index (χ4v) is 6.15. The average Bonchev–Trinajstić information content (AvgIpc) is 3.24. The Morgan fingerprint density at radius 3 is 2.40 bits per heavy atom. The standard InChI is InChI=1S/C13H22N5O14P3/c1-17(2)13-15-10-7(11(20)16-13)14-5-18(10)12-9(28-3)8(19)6(30-12)4-29-34(24,25)32-35(26,27)31-33(21,22)23/h5-6,8-9,12,19H,4H2,1-3H3,(H,24,25)(H,26,27)(H,15,16,20)(H2,21,22,23)/t6-,8-,9-,12-/m1/s1. The summed E-state index contributed by atoms with van der Waals surface area (Å²) < 4.78 is 58.1. The number of hydrogen-bond donors (Lipinski definition) is 6. The van der Waals surface area contributed by atoms with Crippen LogP contribution in [0.25, 0.3) is 11.2 Å². The molecule has 3 rings (SSSR count). The molecule has 0 saturated carbocycles. The Labute approximate surface area is 195 Å². The number of aliphatic hydroxyl groups is 1. The highest BCUT2D eigenvalue weighted by Gasteiger charge is 2.48. The van der Waals surface area contributed by atoms with E-state index in [1.165, 1.54) is 22.9 Å². The minimum Gasteiger partial charge on any atom is -0.387 e. The summed E-state index contributed by atoms with van der Waals surface area (Å²) in [5, 5.41) is 10.6. The zero-order valence-electron chi connectivity index (χ0n) is 18.1. The van der Waals surface area contributed by atoms with E-state index in [-0.39, 0.29) is 17.1 Å². The van der Waals surface area contributed by atoms with E-state index in [0.29, 0.717) is 0 Å². The summed E-state index contributed by atoms with van der Waals surface area (Å²) in [6.45, 7) is -0.912. The maximum atomic E-state index is 12.3. The number of nitrogens with one attached hydrogen (secondary N) is 1. The quantitative estimate of drug-likeness (QED) is 0.185. The number of methoxy groups -OCH3 is 1. The molecule has 1 saturated heterocycles. The van der Waals surface area contributed by atoms with Crippen molar-refractivity contribution in [2.45, 2.75) is 24.5 Å². The number of imidazole rings is 1. The minimum atomic E-state index is -5.71. The molecule has 0 aromatic carbocycles. The predicted molar refractivity (Wildman–Crippen MR) is 113 cm³/mol. The molecule has 2 aromatic heterocycles. The average molecular weight is 565 g/mol. The molecular weight excluding hydrogens is 543 g/mol. The fraction of sp³-hybridized carbons (Fsp3) is 0.615. The third-order valence-corrected chi connectivity index (χ3v) is 8.32. The van der Waals surface area contributed by atoms with Crippen molar-refractivity contribution < 1.29 is 61.0 Å². The van der Waals surface area contributed by atoms with Gasteiger partial charge in [0.15, 0.2) is 17.4 Å². The summed E-state index contributed by atoms with van der Waals surface area (Å²) in [6, 6.07) is 0. The van der Waals surface area contributed by atoms with Gasteiger partial charge in [0.25, 0.3) is 5.56 Å². The molecule has 0 amide bonds. The van der Waals surface area contributed by atoms with Gasteiger partial charge in [-0.2, -0.15) is 13.6 Å². The van der Waals surface area contributed by atoms with Crippen molar-refractivity contribution in [3.63, 3.8) is 0 Å².